The fourth-order valence-corrected chi connectivity index (χ4v) is 2.64. The van der Waals surface area contributed by atoms with Crippen molar-refractivity contribution in [2.75, 3.05) is 5.73 Å². The van der Waals surface area contributed by atoms with Crippen LogP contribution >= 0.6 is 11.8 Å². The molecule has 2 aromatic rings. The molecule has 5 heteroatoms. The Balaban J connectivity index is 2.32. The van der Waals surface area contributed by atoms with E-state index in [-0.39, 0.29) is 5.69 Å². The minimum Gasteiger partial charge on any atom is -0.398 e. The summed E-state index contributed by atoms with van der Waals surface area (Å²) < 4.78 is 38.2. The molecule has 0 fully saturated rings. The maximum absolute atomic E-state index is 12.7. The van der Waals surface area contributed by atoms with Gasteiger partial charge in [-0.25, -0.2) is 0 Å². The third kappa shape index (κ3) is 3.44. The molecule has 0 aliphatic rings. The second-order valence-corrected chi connectivity index (χ2v) is 5.31. The zero-order valence-electron chi connectivity index (χ0n) is 10.2. The summed E-state index contributed by atoms with van der Waals surface area (Å²) in [6.45, 7) is 1.94. The molecular formula is C14H12F3NS. The quantitative estimate of drug-likeness (QED) is 0.805. The lowest BCUT2D eigenvalue weighted by molar-refractivity contribution is -0.137. The van der Waals surface area contributed by atoms with Crippen molar-refractivity contribution in [2.24, 2.45) is 0 Å². The first-order chi connectivity index (χ1) is 8.86. The van der Waals surface area contributed by atoms with Gasteiger partial charge >= 0.3 is 6.18 Å². The monoisotopic (exact) mass is 283 g/mol. The summed E-state index contributed by atoms with van der Waals surface area (Å²) in [7, 11) is 0. The van der Waals surface area contributed by atoms with Crippen molar-refractivity contribution < 1.29 is 13.2 Å². The Hall–Kier alpha value is -1.62. The van der Waals surface area contributed by atoms with Crippen LogP contribution in [0.4, 0.5) is 18.9 Å². The van der Waals surface area contributed by atoms with Gasteiger partial charge in [0, 0.05) is 15.5 Å². The van der Waals surface area contributed by atoms with E-state index < -0.39 is 11.7 Å². The number of aryl methyl sites for hydroxylation is 1. The minimum absolute atomic E-state index is 0.249. The van der Waals surface area contributed by atoms with Gasteiger partial charge < -0.3 is 5.73 Å². The van der Waals surface area contributed by atoms with Gasteiger partial charge in [-0.15, -0.1) is 0 Å². The molecule has 100 valence electrons. The van der Waals surface area contributed by atoms with Crippen LogP contribution in [0.5, 0.6) is 0 Å². The van der Waals surface area contributed by atoms with Crippen molar-refractivity contribution in [3.8, 4) is 0 Å². The van der Waals surface area contributed by atoms with Crippen molar-refractivity contribution in [3.63, 3.8) is 0 Å². The second-order valence-electron chi connectivity index (χ2n) is 4.17. The van der Waals surface area contributed by atoms with Gasteiger partial charge in [0.2, 0.25) is 0 Å². The molecule has 2 aromatic carbocycles. The van der Waals surface area contributed by atoms with Gasteiger partial charge in [-0.05, 0) is 37.3 Å². The first-order valence-corrected chi connectivity index (χ1v) is 6.39. The highest BCUT2D eigenvalue weighted by atomic mass is 32.2. The largest absolute Gasteiger partial charge is 0.418 e. The van der Waals surface area contributed by atoms with Crippen molar-refractivity contribution in [1.82, 2.24) is 0 Å². The molecule has 0 heterocycles. The maximum atomic E-state index is 12.7. The van der Waals surface area contributed by atoms with Gasteiger partial charge in [0.05, 0.1) is 5.56 Å². The number of nitrogen functional groups attached to an aromatic ring is 1. The Kier molecular flexibility index (Phi) is 3.75. The number of benzene rings is 2. The normalized spacial score (nSPS) is 11.6. The summed E-state index contributed by atoms with van der Waals surface area (Å²) in [5.74, 6) is 0. The standard InChI is InChI=1S/C14H12F3NS/c1-9-3-2-4-10(7-9)19-11-5-6-13(18)12(8-11)14(15,16)17/h2-8H,18H2,1H3. The Morgan fingerprint density at radius 1 is 1.00 bits per heavy atom. The number of rotatable bonds is 2. The number of hydrogen-bond donors (Lipinski definition) is 1. The van der Waals surface area contributed by atoms with Gasteiger partial charge in [0.1, 0.15) is 0 Å². The summed E-state index contributed by atoms with van der Waals surface area (Å²) in [5, 5.41) is 0. The van der Waals surface area contributed by atoms with Crippen LogP contribution < -0.4 is 5.73 Å². The fourth-order valence-electron chi connectivity index (χ4n) is 1.66. The molecule has 0 aromatic heterocycles. The molecule has 2 N–H and O–H groups in total. The van der Waals surface area contributed by atoms with E-state index in [1.54, 1.807) is 6.07 Å². The molecule has 0 aliphatic carbocycles. The highest BCUT2D eigenvalue weighted by molar-refractivity contribution is 7.99. The molecule has 0 saturated heterocycles. The van der Waals surface area contributed by atoms with Crippen molar-refractivity contribution in [1.29, 1.82) is 0 Å². The molecule has 0 aliphatic heterocycles. The van der Waals surface area contributed by atoms with E-state index >= 15 is 0 Å². The average Bonchev–Trinajstić information content (AvgIpc) is 2.30. The first-order valence-electron chi connectivity index (χ1n) is 5.57. The number of alkyl halides is 3. The maximum Gasteiger partial charge on any atom is 0.418 e. The summed E-state index contributed by atoms with van der Waals surface area (Å²) in [6.07, 6.45) is -4.42. The van der Waals surface area contributed by atoms with Crippen LogP contribution in [0, 0.1) is 6.92 Å². The van der Waals surface area contributed by atoms with Gasteiger partial charge in [-0.1, -0.05) is 29.5 Å². The summed E-state index contributed by atoms with van der Waals surface area (Å²) in [6, 6.07) is 11.6. The Labute approximate surface area is 113 Å². The topological polar surface area (TPSA) is 26.0 Å². The Morgan fingerprint density at radius 3 is 2.32 bits per heavy atom. The number of nitrogens with two attached hydrogens (primary N) is 1. The summed E-state index contributed by atoms with van der Waals surface area (Å²) in [4.78, 5) is 1.42. The van der Waals surface area contributed by atoms with Gasteiger partial charge in [-0.3, -0.25) is 0 Å². The average molecular weight is 283 g/mol. The van der Waals surface area contributed by atoms with E-state index in [1.165, 1.54) is 17.8 Å². The van der Waals surface area contributed by atoms with Crippen LogP contribution in [0.1, 0.15) is 11.1 Å². The second kappa shape index (κ2) is 5.17. The highest BCUT2D eigenvalue weighted by Gasteiger charge is 2.33. The fraction of sp³-hybridized carbons (Fsp3) is 0.143. The van der Waals surface area contributed by atoms with E-state index in [0.29, 0.717) is 4.90 Å². The van der Waals surface area contributed by atoms with Gasteiger partial charge in [0.15, 0.2) is 0 Å². The predicted molar refractivity (Wildman–Crippen MR) is 71.2 cm³/mol. The zero-order chi connectivity index (χ0) is 14.0. The van der Waals surface area contributed by atoms with E-state index in [1.807, 2.05) is 31.2 Å². The lowest BCUT2D eigenvalue weighted by Gasteiger charge is -2.11. The van der Waals surface area contributed by atoms with Crippen molar-refractivity contribution in [2.45, 2.75) is 22.9 Å². The molecular weight excluding hydrogens is 271 g/mol. The third-order valence-electron chi connectivity index (χ3n) is 2.56. The first kappa shape index (κ1) is 13.8. The minimum atomic E-state index is -4.42. The van der Waals surface area contributed by atoms with Crippen LogP contribution in [-0.4, -0.2) is 0 Å². The van der Waals surface area contributed by atoms with Crippen LogP contribution in [0.3, 0.4) is 0 Å². The van der Waals surface area contributed by atoms with E-state index in [2.05, 4.69) is 0 Å². The molecule has 1 nitrogen and oxygen atoms in total. The van der Waals surface area contributed by atoms with Gasteiger partial charge in [-0.2, -0.15) is 13.2 Å². The summed E-state index contributed by atoms with van der Waals surface area (Å²) >= 11 is 1.29. The van der Waals surface area contributed by atoms with E-state index in [4.69, 9.17) is 5.73 Å². The summed E-state index contributed by atoms with van der Waals surface area (Å²) in [5.41, 5.74) is 5.39. The number of hydrogen-bond acceptors (Lipinski definition) is 2. The zero-order valence-corrected chi connectivity index (χ0v) is 11.0. The molecule has 0 radical (unpaired) electrons. The van der Waals surface area contributed by atoms with Crippen molar-refractivity contribution >= 4 is 17.4 Å². The molecule has 0 amide bonds. The molecule has 0 saturated carbocycles. The molecule has 0 bridgehead atoms. The van der Waals surface area contributed by atoms with Crippen LogP contribution in [-0.2, 0) is 6.18 Å². The molecule has 19 heavy (non-hydrogen) atoms. The van der Waals surface area contributed by atoms with Crippen LogP contribution in [0.2, 0.25) is 0 Å². The highest BCUT2D eigenvalue weighted by Crippen LogP contribution is 2.37. The Morgan fingerprint density at radius 2 is 1.68 bits per heavy atom. The number of halogens is 3. The van der Waals surface area contributed by atoms with E-state index in [0.717, 1.165) is 16.5 Å². The van der Waals surface area contributed by atoms with Gasteiger partial charge in [0.25, 0.3) is 0 Å². The smallest absolute Gasteiger partial charge is 0.398 e. The van der Waals surface area contributed by atoms with E-state index in [9.17, 15) is 13.2 Å². The predicted octanol–water partition coefficient (Wildman–Crippen LogP) is 4.75. The Bertz CT molecular complexity index is 593. The van der Waals surface area contributed by atoms with Crippen LogP contribution in [0.15, 0.2) is 52.3 Å². The van der Waals surface area contributed by atoms with Crippen LogP contribution in [0.25, 0.3) is 0 Å². The lowest BCUT2D eigenvalue weighted by Crippen LogP contribution is -2.08. The molecule has 2 rings (SSSR count). The molecule has 0 spiro atoms. The SMILES string of the molecule is Cc1cccc(Sc2ccc(N)c(C(F)(F)F)c2)c1. The third-order valence-corrected chi connectivity index (χ3v) is 3.53. The number of anilines is 1. The molecule has 0 atom stereocenters. The molecule has 0 unspecified atom stereocenters. The van der Waals surface area contributed by atoms with Crippen molar-refractivity contribution in [3.05, 3.63) is 53.6 Å². The lowest BCUT2D eigenvalue weighted by atomic mass is 10.2.